The van der Waals surface area contributed by atoms with Crippen molar-refractivity contribution in [3.8, 4) is 0 Å². The molecule has 0 aliphatic heterocycles. The van der Waals surface area contributed by atoms with Gasteiger partial charge in [0.1, 0.15) is 0 Å². The zero-order chi connectivity index (χ0) is 14.6. The van der Waals surface area contributed by atoms with Crippen LogP contribution in [0.5, 0.6) is 0 Å². The van der Waals surface area contributed by atoms with Crippen LogP contribution in [0.3, 0.4) is 0 Å². The van der Waals surface area contributed by atoms with Crippen LogP contribution in [0, 0.1) is 5.41 Å². The molecule has 0 aliphatic carbocycles. The van der Waals surface area contributed by atoms with Crippen molar-refractivity contribution in [2.75, 3.05) is 6.54 Å². The van der Waals surface area contributed by atoms with E-state index in [1.54, 1.807) is 18.2 Å². The Hall–Kier alpha value is -0.770. The van der Waals surface area contributed by atoms with Gasteiger partial charge in [0.25, 0.3) is 0 Å². The molecule has 1 aromatic carbocycles. The Bertz CT molecular complexity index is 435. The smallest absolute Gasteiger partial charge is 0.220 e. The molecule has 1 atom stereocenters. The number of rotatable bonds is 4. The first-order chi connectivity index (χ1) is 8.67. The Morgan fingerprint density at radius 2 is 1.79 bits per heavy atom. The Morgan fingerprint density at radius 3 is 2.26 bits per heavy atom. The number of carbonyl (C=O) groups is 1. The lowest BCUT2D eigenvalue weighted by Gasteiger charge is -2.18. The van der Waals surface area contributed by atoms with Gasteiger partial charge in [-0.1, -0.05) is 44.0 Å². The number of halogens is 2. The molecule has 3 nitrogen and oxygen atoms in total. The standard InChI is InChI=1S/C14H19Cl2NO2/c1-14(2,3)7-13(19)17-8-12(18)9-4-10(15)6-11(16)5-9/h4-6,12,18H,7-8H2,1-3H3,(H,17,19). The van der Waals surface area contributed by atoms with Crippen LogP contribution < -0.4 is 5.32 Å². The molecule has 0 bridgehead atoms. The minimum absolute atomic E-state index is 0.0750. The van der Waals surface area contributed by atoms with E-state index in [1.165, 1.54) is 0 Å². The van der Waals surface area contributed by atoms with Crippen molar-refractivity contribution in [3.05, 3.63) is 33.8 Å². The van der Waals surface area contributed by atoms with E-state index in [9.17, 15) is 9.90 Å². The molecule has 0 aliphatic rings. The highest BCUT2D eigenvalue weighted by molar-refractivity contribution is 6.34. The predicted molar refractivity (Wildman–Crippen MR) is 78.5 cm³/mol. The summed E-state index contributed by atoms with van der Waals surface area (Å²) in [6, 6.07) is 4.86. The van der Waals surface area contributed by atoms with Gasteiger partial charge in [0.2, 0.25) is 5.91 Å². The molecule has 0 saturated carbocycles. The topological polar surface area (TPSA) is 49.3 Å². The number of nitrogens with one attached hydrogen (secondary N) is 1. The van der Waals surface area contributed by atoms with E-state index in [2.05, 4.69) is 5.32 Å². The van der Waals surface area contributed by atoms with Gasteiger partial charge < -0.3 is 10.4 Å². The van der Waals surface area contributed by atoms with E-state index in [0.29, 0.717) is 22.0 Å². The Morgan fingerprint density at radius 1 is 1.26 bits per heavy atom. The van der Waals surface area contributed by atoms with Crippen LogP contribution >= 0.6 is 23.2 Å². The van der Waals surface area contributed by atoms with E-state index in [1.807, 2.05) is 20.8 Å². The largest absolute Gasteiger partial charge is 0.387 e. The van der Waals surface area contributed by atoms with Crippen molar-refractivity contribution in [2.45, 2.75) is 33.3 Å². The lowest BCUT2D eigenvalue weighted by molar-refractivity contribution is -0.123. The fourth-order valence-electron chi connectivity index (χ4n) is 1.64. The van der Waals surface area contributed by atoms with Crippen molar-refractivity contribution >= 4 is 29.1 Å². The Kier molecular flexibility index (Phi) is 5.65. The minimum atomic E-state index is -0.819. The molecule has 1 rings (SSSR count). The second-order valence-electron chi connectivity index (χ2n) is 5.76. The molecule has 1 amide bonds. The normalized spacial score (nSPS) is 13.2. The SMILES string of the molecule is CC(C)(C)CC(=O)NCC(O)c1cc(Cl)cc(Cl)c1. The number of benzene rings is 1. The van der Waals surface area contributed by atoms with Crippen molar-refractivity contribution < 1.29 is 9.90 Å². The lowest BCUT2D eigenvalue weighted by atomic mass is 9.92. The first kappa shape index (κ1) is 16.3. The van der Waals surface area contributed by atoms with E-state index < -0.39 is 6.10 Å². The van der Waals surface area contributed by atoms with Gasteiger partial charge >= 0.3 is 0 Å². The van der Waals surface area contributed by atoms with Crippen molar-refractivity contribution in [1.82, 2.24) is 5.32 Å². The van der Waals surface area contributed by atoms with Crippen LogP contribution in [0.4, 0.5) is 0 Å². The molecular formula is C14H19Cl2NO2. The summed E-state index contributed by atoms with van der Waals surface area (Å²) < 4.78 is 0. The van der Waals surface area contributed by atoms with E-state index >= 15 is 0 Å². The summed E-state index contributed by atoms with van der Waals surface area (Å²) in [6.07, 6.45) is -0.407. The van der Waals surface area contributed by atoms with Gasteiger partial charge in [0.15, 0.2) is 0 Å². The maximum atomic E-state index is 11.7. The molecule has 1 unspecified atom stereocenters. The van der Waals surface area contributed by atoms with Gasteiger partial charge in [-0.2, -0.15) is 0 Å². The zero-order valence-corrected chi connectivity index (χ0v) is 12.8. The van der Waals surface area contributed by atoms with Crippen LogP contribution in [0.25, 0.3) is 0 Å². The zero-order valence-electron chi connectivity index (χ0n) is 11.3. The van der Waals surface area contributed by atoms with Gasteiger partial charge in [-0.25, -0.2) is 0 Å². The van der Waals surface area contributed by atoms with Crippen molar-refractivity contribution in [2.24, 2.45) is 5.41 Å². The van der Waals surface area contributed by atoms with Gasteiger partial charge in [-0.05, 0) is 29.2 Å². The first-order valence-corrected chi connectivity index (χ1v) is 6.84. The number of hydrogen-bond donors (Lipinski definition) is 2. The van der Waals surface area contributed by atoms with Crippen molar-refractivity contribution in [3.63, 3.8) is 0 Å². The monoisotopic (exact) mass is 303 g/mol. The summed E-state index contributed by atoms with van der Waals surface area (Å²) >= 11 is 11.7. The maximum Gasteiger partial charge on any atom is 0.220 e. The molecule has 1 aromatic rings. The second kappa shape index (κ2) is 6.60. The summed E-state index contributed by atoms with van der Waals surface area (Å²) in [5.41, 5.74) is 0.516. The molecule has 0 heterocycles. The third kappa shape index (κ3) is 6.28. The molecule has 5 heteroatoms. The summed E-state index contributed by atoms with van der Waals surface area (Å²) in [4.78, 5) is 11.7. The Labute approximate surface area is 123 Å². The quantitative estimate of drug-likeness (QED) is 0.893. The molecule has 0 spiro atoms. The Balaban J connectivity index is 2.56. The van der Waals surface area contributed by atoms with E-state index in [-0.39, 0.29) is 17.9 Å². The molecular weight excluding hydrogens is 285 g/mol. The summed E-state index contributed by atoms with van der Waals surface area (Å²) in [7, 11) is 0. The highest BCUT2D eigenvalue weighted by Crippen LogP contribution is 2.23. The van der Waals surface area contributed by atoms with Crippen LogP contribution in [0.1, 0.15) is 38.9 Å². The second-order valence-corrected chi connectivity index (χ2v) is 6.63. The van der Waals surface area contributed by atoms with Crippen LogP contribution in [-0.2, 0) is 4.79 Å². The lowest BCUT2D eigenvalue weighted by Crippen LogP contribution is -2.31. The van der Waals surface area contributed by atoms with E-state index in [0.717, 1.165) is 0 Å². The maximum absolute atomic E-state index is 11.7. The number of aliphatic hydroxyl groups is 1. The molecule has 106 valence electrons. The van der Waals surface area contributed by atoms with Gasteiger partial charge in [0, 0.05) is 23.0 Å². The highest BCUT2D eigenvalue weighted by Gasteiger charge is 2.17. The first-order valence-electron chi connectivity index (χ1n) is 6.08. The fraction of sp³-hybridized carbons (Fsp3) is 0.500. The minimum Gasteiger partial charge on any atom is -0.387 e. The summed E-state index contributed by atoms with van der Waals surface area (Å²) in [5, 5.41) is 13.6. The average molecular weight is 304 g/mol. The van der Waals surface area contributed by atoms with E-state index in [4.69, 9.17) is 23.2 Å². The number of hydrogen-bond acceptors (Lipinski definition) is 2. The number of aliphatic hydroxyl groups excluding tert-OH is 1. The molecule has 0 aromatic heterocycles. The molecule has 19 heavy (non-hydrogen) atoms. The molecule has 0 fully saturated rings. The third-order valence-electron chi connectivity index (χ3n) is 2.45. The predicted octanol–water partition coefficient (Wildman–Crippen LogP) is 3.58. The van der Waals surface area contributed by atoms with Crippen LogP contribution in [0.15, 0.2) is 18.2 Å². The molecule has 0 radical (unpaired) electrons. The van der Waals surface area contributed by atoms with Crippen LogP contribution in [0.2, 0.25) is 10.0 Å². The average Bonchev–Trinajstić information content (AvgIpc) is 2.22. The summed E-state index contributed by atoms with van der Waals surface area (Å²) in [6.45, 7) is 6.10. The third-order valence-corrected chi connectivity index (χ3v) is 2.89. The number of carbonyl (C=O) groups excluding carboxylic acids is 1. The van der Waals surface area contributed by atoms with Gasteiger partial charge in [0.05, 0.1) is 6.10 Å². The number of amides is 1. The highest BCUT2D eigenvalue weighted by atomic mass is 35.5. The van der Waals surface area contributed by atoms with Crippen molar-refractivity contribution in [1.29, 1.82) is 0 Å². The van der Waals surface area contributed by atoms with Gasteiger partial charge in [-0.15, -0.1) is 0 Å². The molecule has 0 saturated heterocycles. The fourth-order valence-corrected chi connectivity index (χ4v) is 2.18. The summed E-state index contributed by atoms with van der Waals surface area (Å²) in [5.74, 6) is -0.0836. The van der Waals surface area contributed by atoms with Gasteiger partial charge in [-0.3, -0.25) is 4.79 Å². The van der Waals surface area contributed by atoms with Crippen LogP contribution in [-0.4, -0.2) is 17.6 Å². The molecule has 2 N–H and O–H groups in total.